The lowest BCUT2D eigenvalue weighted by Crippen LogP contribution is -2.40. The van der Waals surface area contributed by atoms with E-state index in [-0.39, 0.29) is 23.7 Å². The van der Waals surface area contributed by atoms with Crippen LogP contribution in [0.4, 0.5) is 11.4 Å². The van der Waals surface area contributed by atoms with Crippen LogP contribution in [0.1, 0.15) is 40.5 Å². The van der Waals surface area contributed by atoms with Crippen molar-refractivity contribution in [2.45, 2.75) is 52.6 Å². The number of amides is 2. The molecule has 10 heteroatoms. The molecule has 0 aliphatic rings. The van der Waals surface area contributed by atoms with Crippen LogP contribution in [-0.4, -0.2) is 43.8 Å². The summed E-state index contributed by atoms with van der Waals surface area (Å²) >= 11 is 0. The van der Waals surface area contributed by atoms with E-state index in [1.54, 1.807) is 0 Å². The number of carbonyl (C=O) groups is 2. The van der Waals surface area contributed by atoms with Crippen molar-refractivity contribution >= 4 is 45.3 Å². The average Bonchev–Trinajstić information content (AvgIpc) is 3.63. The van der Waals surface area contributed by atoms with E-state index >= 15 is 0 Å². The number of aromatic amines is 2. The minimum Gasteiger partial charge on any atom is -0.338 e. The maximum absolute atomic E-state index is 12.6. The predicted octanol–water partition coefficient (Wildman–Crippen LogP) is 5.40. The Labute approximate surface area is 244 Å². The zero-order valence-electron chi connectivity index (χ0n) is 24.4. The van der Waals surface area contributed by atoms with E-state index in [1.165, 1.54) is 0 Å². The minimum absolute atomic E-state index is 0.0838. The second kappa shape index (κ2) is 12.1. The van der Waals surface area contributed by atoms with Gasteiger partial charge in [-0.3, -0.25) is 9.59 Å². The first-order valence-corrected chi connectivity index (χ1v) is 14.4. The molecule has 0 saturated carbocycles. The highest BCUT2D eigenvalue weighted by atomic mass is 16.2. The molecule has 3 aromatic carbocycles. The fourth-order valence-electron chi connectivity index (χ4n) is 4.80. The van der Waals surface area contributed by atoms with Crippen LogP contribution in [0.15, 0.2) is 60.7 Å². The summed E-state index contributed by atoms with van der Waals surface area (Å²) in [7, 11) is 0. The number of hydrogen-bond acceptors (Lipinski definition) is 6. The number of anilines is 2. The van der Waals surface area contributed by atoms with Crippen LogP contribution in [0.3, 0.4) is 0 Å². The smallest absolute Gasteiger partial charge is 0.241 e. The molecule has 2 aromatic heterocycles. The van der Waals surface area contributed by atoms with Crippen LogP contribution in [-0.2, 0) is 9.59 Å². The Bertz CT molecular complexity index is 1610. The van der Waals surface area contributed by atoms with Crippen LogP contribution < -0.4 is 22.1 Å². The van der Waals surface area contributed by atoms with Crippen molar-refractivity contribution in [3.05, 3.63) is 60.7 Å². The summed E-state index contributed by atoms with van der Waals surface area (Å²) in [5.74, 6) is 1.10. The number of rotatable bonds is 10. The number of fused-ring (bicyclic) bond motifs is 2. The lowest BCUT2D eigenvalue weighted by molar-refractivity contribution is -0.119. The van der Waals surface area contributed by atoms with Crippen LogP contribution in [0, 0.1) is 11.8 Å². The van der Waals surface area contributed by atoms with Gasteiger partial charge in [0.15, 0.2) is 0 Å². The molecule has 42 heavy (non-hydrogen) atoms. The van der Waals surface area contributed by atoms with Gasteiger partial charge in [-0.25, -0.2) is 9.97 Å². The van der Waals surface area contributed by atoms with Crippen molar-refractivity contribution in [2.75, 3.05) is 10.6 Å². The number of aromatic nitrogens is 4. The molecule has 5 rings (SSSR count). The van der Waals surface area contributed by atoms with Crippen molar-refractivity contribution < 1.29 is 9.59 Å². The highest BCUT2D eigenvalue weighted by Gasteiger charge is 2.21. The highest BCUT2D eigenvalue weighted by Crippen LogP contribution is 2.32. The minimum atomic E-state index is -0.576. The van der Waals surface area contributed by atoms with Crippen molar-refractivity contribution in [1.82, 2.24) is 19.9 Å². The average molecular weight is 567 g/mol. The lowest BCUT2D eigenvalue weighted by Gasteiger charge is -2.17. The summed E-state index contributed by atoms with van der Waals surface area (Å²) < 4.78 is 0. The monoisotopic (exact) mass is 566 g/mol. The third kappa shape index (κ3) is 5.90. The molecule has 2 amide bonds. The van der Waals surface area contributed by atoms with Gasteiger partial charge in [0.05, 0.1) is 34.2 Å². The number of hydrogen-bond donors (Lipinski definition) is 6. The summed E-state index contributed by atoms with van der Waals surface area (Å²) in [5.41, 5.74) is 18.4. The van der Waals surface area contributed by atoms with Crippen molar-refractivity contribution in [3.8, 4) is 22.8 Å². The second-order valence-electron chi connectivity index (χ2n) is 11.0. The Morgan fingerprint density at radius 2 is 1.12 bits per heavy atom. The van der Waals surface area contributed by atoms with Gasteiger partial charge in [-0.2, -0.15) is 0 Å². The Balaban J connectivity index is 1.41. The van der Waals surface area contributed by atoms with Crippen LogP contribution in [0.2, 0.25) is 0 Å². The Hall–Kier alpha value is -4.54. The number of nitrogens with zero attached hydrogens (tertiary/aromatic N) is 2. The quantitative estimate of drug-likeness (QED) is 0.132. The SMILES string of the molecule is CCC(C)C(N)C(=O)Nc1ccc2nc(-c3ccccc3-c3nc4ccc(NC(=O)C(N)C(C)CC)cc4[nH]3)[nH]c2c1. The number of nitrogens with one attached hydrogen (secondary N) is 4. The van der Waals surface area contributed by atoms with Gasteiger partial charge < -0.3 is 32.1 Å². The van der Waals surface area contributed by atoms with E-state index in [0.29, 0.717) is 23.0 Å². The topological polar surface area (TPSA) is 168 Å². The Morgan fingerprint density at radius 1 is 0.714 bits per heavy atom. The number of nitrogens with two attached hydrogens (primary N) is 2. The standard InChI is InChI=1S/C32H38N8O2/c1-5-17(3)27(33)31(41)35-19-11-13-23-25(15-19)39-29(37-23)21-9-7-8-10-22(21)30-38-24-14-12-20(16-26(24)40-30)36-32(42)28(34)18(4)6-2/h7-18,27-28H,5-6,33-34H2,1-4H3,(H,35,41)(H,36,42)(H,37,39)(H,38,40). The van der Waals surface area contributed by atoms with Gasteiger partial charge in [-0.1, -0.05) is 64.8 Å². The number of carbonyl (C=O) groups excluding carboxylic acids is 2. The van der Waals surface area contributed by atoms with Gasteiger partial charge in [-0.15, -0.1) is 0 Å². The predicted molar refractivity (Wildman–Crippen MR) is 169 cm³/mol. The molecular formula is C32H38N8O2. The van der Waals surface area contributed by atoms with Crippen LogP contribution >= 0.6 is 0 Å². The lowest BCUT2D eigenvalue weighted by atomic mass is 9.99. The maximum Gasteiger partial charge on any atom is 0.241 e. The number of imidazole rings is 2. The number of H-pyrrole nitrogens is 2. The molecule has 10 nitrogen and oxygen atoms in total. The molecule has 4 atom stereocenters. The molecule has 2 heterocycles. The Morgan fingerprint density at radius 3 is 1.50 bits per heavy atom. The molecule has 0 spiro atoms. The molecule has 0 aliphatic carbocycles. The first kappa shape index (κ1) is 29.0. The van der Waals surface area contributed by atoms with E-state index in [0.717, 1.165) is 46.0 Å². The fraction of sp³-hybridized carbons (Fsp3) is 0.312. The van der Waals surface area contributed by atoms with Crippen molar-refractivity contribution in [2.24, 2.45) is 23.3 Å². The summed E-state index contributed by atoms with van der Waals surface area (Å²) in [6.45, 7) is 7.97. The van der Waals surface area contributed by atoms with Crippen LogP contribution in [0.25, 0.3) is 44.8 Å². The molecular weight excluding hydrogens is 528 g/mol. The van der Waals surface area contributed by atoms with E-state index in [9.17, 15) is 9.59 Å². The largest absolute Gasteiger partial charge is 0.338 e. The molecule has 4 unspecified atom stereocenters. The molecule has 8 N–H and O–H groups in total. The highest BCUT2D eigenvalue weighted by molar-refractivity contribution is 5.98. The fourth-order valence-corrected chi connectivity index (χ4v) is 4.80. The van der Waals surface area contributed by atoms with E-state index in [2.05, 4.69) is 20.6 Å². The number of benzene rings is 3. The third-order valence-electron chi connectivity index (χ3n) is 8.06. The molecule has 0 saturated heterocycles. The summed E-state index contributed by atoms with van der Waals surface area (Å²) in [5, 5.41) is 5.84. The van der Waals surface area contributed by atoms with Gasteiger partial charge in [0.1, 0.15) is 11.6 Å². The van der Waals surface area contributed by atoms with E-state index in [1.807, 2.05) is 88.4 Å². The first-order chi connectivity index (χ1) is 20.2. The van der Waals surface area contributed by atoms with Gasteiger partial charge in [-0.05, 0) is 48.2 Å². The first-order valence-electron chi connectivity index (χ1n) is 14.4. The van der Waals surface area contributed by atoms with Gasteiger partial charge in [0.25, 0.3) is 0 Å². The van der Waals surface area contributed by atoms with Gasteiger partial charge in [0.2, 0.25) is 11.8 Å². The van der Waals surface area contributed by atoms with Crippen molar-refractivity contribution in [1.29, 1.82) is 0 Å². The molecule has 0 radical (unpaired) electrons. The molecule has 218 valence electrons. The zero-order valence-corrected chi connectivity index (χ0v) is 24.4. The third-order valence-corrected chi connectivity index (χ3v) is 8.06. The molecule has 0 aliphatic heterocycles. The van der Waals surface area contributed by atoms with E-state index in [4.69, 9.17) is 21.4 Å². The van der Waals surface area contributed by atoms with Gasteiger partial charge in [0, 0.05) is 22.5 Å². The molecule has 0 bridgehead atoms. The summed E-state index contributed by atoms with van der Waals surface area (Å²) in [4.78, 5) is 41.6. The second-order valence-corrected chi connectivity index (χ2v) is 11.0. The van der Waals surface area contributed by atoms with Crippen LogP contribution in [0.5, 0.6) is 0 Å². The zero-order chi connectivity index (χ0) is 30.0. The van der Waals surface area contributed by atoms with Gasteiger partial charge >= 0.3 is 0 Å². The molecule has 5 aromatic rings. The van der Waals surface area contributed by atoms with Crippen molar-refractivity contribution in [3.63, 3.8) is 0 Å². The maximum atomic E-state index is 12.6. The summed E-state index contributed by atoms with van der Waals surface area (Å²) in [6.07, 6.45) is 1.65. The molecule has 0 fully saturated rings. The summed E-state index contributed by atoms with van der Waals surface area (Å²) in [6, 6.07) is 17.8. The normalized spacial score (nSPS) is 14.4. The Kier molecular flexibility index (Phi) is 8.37. The van der Waals surface area contributed by atoms with E-state index < -0.39 is 12.1 Å².